The summed E-state index contributed by atoms with van der Waals surface area (Å²) in [6.07, 6.45) is 6.43. The molecule has 0 atom stereocenters. The highest BCUT2D eigenvalue weighted by atomic mass is 127. The van der Waals surface area contributed by atoms with Gasteiger partial charge in [-0.2, -0.15) is 0 Å². The van der Waals surface area contributed by atoms with E-state index in [9.17, 15) is 0 Å². The van der Waals surface area contributed by atoms with Crippen molar-refractivity contribution in [3.63, 3.8) is 0 Å². The van der Waals surface area contributed by atoms with E-state index in [1.165, 1.54) is 23.7 Å². The van der Waals surface area contributed by atoms with Crippen molar-refractivity contribution in [1.82, 2.24) is 0 Å². The van der Waals surface area contributed by atoms with Gasteiger partial charge in [-0.15, -0.1) is 0 Å². The number of halogens is 1. The van der Waals surface area contributed by atoms with Gasteiger partial charge >= 0.3 is 0 Å². The molecule has 7 heavy (non-hydrogen) atoms. The molecule has 0 nitrogen and oxygen atoms in total. The minimum Gasteiger partial charge on any atom is -0.0860 e. The molecule has 0 bridgehead atoms. The molecule has 0 aromatic rings. The highest BCUT2D eigenvalue weighted by molar-refractivity contribution is 14.1. The largest absolute Gasteiger partial charge is 0.0860 e. The molecule has 1 heteroatoms. The molecule has 1 aliphatic rings. The van der Waals surface area contributed by atoms with Crippen LogP contribution in [0, 0.1) is 0 Å². The zero-order valence-electron chi connectivity index (χ0n) is 4.28. The molecule has 40 valence electrons. The number of hydrogen-bond donors (Lipinski definition) is 0. The molecule has 0 aromatic heterocycles. The van der Waals surface area contributed by atoms with Crippen molar-refractivity contribution in [1.29, 1.82) is 0 Å². The summed E-state index contributed by atoms with van der Waals surface area (Å²) >= 11 is 2.40. The fourth-order valence-electron chi connectivity index (χ4n) is 0.535. The molecule has 0 spiro atoms. The molecule has 0 aliphatic heterocycles. The van der Waals surface area contributed by atoms with Crippen LogP contribution < -0.4 is 0 Å². The molecule has 0 radical (unpaired) electrons. The van der Waals surface area contributed by atoms with Gasteiger partial charge in [0.1, 0.15) is 0 Å². The van der Waals surface area contributed by atoms with Crippen molar-refractivity contribution in [3.8, 4) is 0 Å². The summed E-state index contributed by atoms with van der Waals surface area (Å²) in [5.74, 6) is 0. The second-order valence-electron chi connectivity index (χ2n) is 1.84. The van der Waals surface area contributed by atoms with E-state index in [1.807, 2.05) is 0 Å². The first-order valence-corrected chi connectivity index (χ1v) is 4.20. The van der Waals surface area contributed by atoms with Crippen molar-refractivity contribution in [2.75, 3.05) is 4.43 Å². The Morgan fingerprint density at radius 1 is 1.57 bits per heavy atom. The van der Waals surface area contributed by atoms with Gasteiger partial charge in [-0.1, -0.05) is 34.2 Å². The SMILES string of the molecule is ICCC=C1CC1. The van der Waals surface area contributed by atoms with Crippen LogP contribution in [0.2, 0.25) is 0 Å². The highest BCUT2D eigenvalue weighted by Gasteiger charge is 2.08. The maximum Gasteiger partial charge on any atom is 0.00300 e. The fourth-order valence-corrected chi connectivity index (χ4v) is 0.846. The van der Waals surface area contributed by atoms with Gasteiger partial charge in [-0.05, 0) is 19.3 Å². The number of alkyl halides is 1. The molecule has 1 saturated carbocycles. The standard InChI is InChI=1S/C6H9I/c7-5-1-2-6-3-4-6/h2H,1,3-5H2. The van der Waals surface area contributed by atoms with Crippen LogP contribution in [0.15, 0.2) is 11.6 Å². The second kappa shape index (κ2) is 2.70. The zero-order valence-corrected chi connectivity index (χ0v) is 6.44. The normalized spacial score (nSPS) is 17.0. The summed E-state index contributed by atoms with van der Waals surface area (Å²) < 4.78 is 1.28. The molecule has 0 saturated heterocycles. The third-order valence-electron chi connectivity index (χ3n) is 1.08. The summed E-state index contributed by atoms with van der Waals surface area (Å²) in [6.45, 7) is 0. The van der Waals surface area contributed by atoms with Crippen molar-refractivity contribution in [3.05, 3.63) is 11.6 Å². The Kier molecular flexibility index (Phi) is 2.16. The van der Waals surface area contributed by atoms with Crippen molar-refractivity contribution in [2.24, 2.45) is 0 Å². The Morgan fingerprint density at radius 2 is 2.29 bits per heavy atom. The molecule has 1 rings (SSSR count). The highest BCUT2D eigenvalue weighted by Crippen LogP contribution is 2.27. The lowest BCUT2D eigenvalue weighted by Crippen LogP contribution is -1.62. The van der Waals surface area contributed by atoms with Gasteiger partial charge < -0.3 is 0 Å². The minimum atomic E-state index is 1.28. The van der Waals surface area contributed by atoms with E-state index >= 15 is 0 Å². The summed E-state index contributed by atoms with van der Waals surface area (Å²) in [7, 11) is 0. The van der Waals surface area contributed by atoms with Gasteiger partial charge in [0.05, 0.1) is 0 Å². The summed E-state index contributed by atoms with van der Waals surface area (Å²) in [5.41, 5.74) is 1.68. The van der Waals surface area contributed by atoms with E-state index in [0.717, 1.165) is 0 Å². The van der Waals surface area contributed by atoms with Crippen LogP contribution in [0.5, 0.6) is 0 Å². The monoisotopic (exact) mass is 208 g/mol. The Bertz CT molecular complexity index is 78.2. The lowest BCUT2D eigenvalue weighted by molar-refractivity contribution is 1.26. The Hall–Kier alpha value is 0.470. The quantitative estimate of drug-likeness (QED) is 0.371. The van der Waals surface area contributed by atoms with E-state index in [1.54, 1.807) is 5.57 Å². The first kappa shape index (κ1) is 5.60. The molecule has 0 amide bonds. The maximum absolute atomic E-state index is 2.40. The van der Waals surface area contributed by atoms with Crippen molar-refractivity contribution < 1.29 is 0 Å². The third-order valence-corrected chi connectivity index (χ3v) is 1.70. The number of hydrogen-bond acceptors (Lipinski definition) is 0. The molecule has 0 unspecified atom stereocenters. The van der Waals surface area contributed by atoms with Crippen LogP contribution >= 0.6 is 22.6 Å². The Labute approximate surface area is 58.1 Å². The molecule has 0 aromatic carbocycles. The molecule has 1 fully saturated rings. The summed E-state index contributed by atoms with van der Waals surface area (Å²) in [6, 6.07) is 0. The van der Waals surface area contributed by atoms with Crippen LogP contribution in [-0.2, 0) is 0 Å². The van der Waals surface area contributed by atoms with E-state index in [2.05, 4.69) is 28.7 Å². The van der Waals surface area contributed by atoms with Gasteiger partial charge in [0, 0.05) is 4.43 Å². The number of allylic oxidation sites excluding steroid dienone is 2. The predicted molar refractivity (Wildman–Crippen MR) is 40.8 cm³/mol. The van der Waals surface area contributed by atoms with Crippen molar-refractivity contribution >= 4 is 22.6 Å². The van der Waals surface area contributed by atoms with Gasteiger partial charge in [0.25, 0.3) is 0 Å². The van der Waals surface area contributed by atoms with Gasteiger partial charge in [0.2, 0.25) is 0 Å². The van der Waals surface area contributed by atoms with Crippen LogP contribution in [0.1, 0.15) is 19.3 Å². The first-order chi connectivity index (χ1) is 3.43. The van der Waals surface area contributed by atoms with E-state index in [-0.39, 0.29) is 0 Å². The van der Waals surface area contributed by atoms with Gasteiger partial charge in [-0.3, -0.25) is 0 Å². The van der Waals surface area contributed by atoms with Crippen LogP contribution in [0.25, 0.3) is 0 Å². The minimum absolute atomic E-state index is 1.28. The summed E-state index contributed by atoms with van der Waals surface area (Å²) in [5, 5.41) is 0. The lowest BCUT2D eigenvalue weighted by Gasteiger charge is -1.76. The second-order valence-corrected chi connectivity index (χ2v) is 2.92. The molecular weight excluding hydrogens is 199 g/mol. The predicted octanol–water partition coefficient (Wildman–Crippen LogP) is 2.53. The smallest absolute Gasteiger partial charge is 0.00300 e. The number of rotatable bonds is 2. The molecule has 0 heterocycles. The van der Waals surface area contributed by atoms with Crippen molar-refractivity contribution in [2.45, 2.75) is 19.3 Å². The van der Waals surface area contributed by atoms with E-state index in [0.29, 0.717) is 0 Å². The van der Waals surface area contributed by atoms with E-state index < -0.39 is 0 Å². The van der Waals surface area contributed by atoms with Crippen LogP contribution in [-0.4, -0.2) is 4.43 Å². The zero-order chi connectivity index (χ0) is 5.11. The topological polar surface area (TPSA) is 0 Å². The van der Waals surface area contributed by atoms with E-state index in [4.69, 9.17) is 0 Å². The van der Waals surface area contributed by atoms with Crippen LogP contribution in [0.3, 0.4) is 0 Å². The average Bonchev–Trinajstić information content (AvgIpc) is 2.42. The van der Waals surface area contributed by atoms with Crippen LogP contribution in [0.4, 0.5) is 0 Å². The molecule has 0 N–H and O–H groups in total. The van der Waals surface area contributed by atoms with Gasteiger partial charge in [0.15, 0.2) is 0 Å². The Morgan fingerprint density at radius 3 is 2.71 bits per heavy atom. The lowest BCUT2D eigenvalue weighted by atomic mass is 10.4. The third kappa shape index (κ3) is 2.32. The fraction of sp³-hybridized carbons (Fsp3) is 0.667. The Balaban J connectivity index is 2.07. The van der Waals surface area contributed by atoms with Gasteiger partial charge in [-0.25, -0.2) is 0 Å². The maximum atomic E-state index is 2.40. The first-order valence-electron chi connectivity index (χ1n) is 2.67. The molecular formula is C6H9I. The summed E-state index contributed by atoms with van der Waals surface area (Å²) in [4.78, 5) is 0. The molecule has 1 aliphatic carbocycles. The average molecular weight is 208 g/mol.